The Morgan fingerprint density at radius 2 is 2.30 bits per heavy atom. The van der Waals surface area contributed by atoms with E-state index in [-0.39, 0.29) is 18.6 Å². The summed E-state index contributed by atoms with van der Waals surface area (Å²) in [5.74, 6) is 0.975. The van der Waals surface area contributed by atoms with Gasteiger partial charge in [-0.25, -0.2) is 4.98 Å². The van der Waals surface area contributed by atoms with Crippen molar-refractivity contribution in [2.45, 2.75) is 38.4 Å². The van der Waals surface area contributed by atoms with Crippen molar-refractivity contribution in [1.29, 1.82) is 0 Å². The number of nitrogens with zero attached hydrogens (tertiary/aromatic N) is 4. The monoisotopic (exact) mass is 280 g/mol. The van der Waals surface area contributed by atoms with Gasteiger partial charge in [-0.05, 0) is 20.5 Å². The molecule has 1 aromatic rings. The molecule has 0 spiro atoms. The molecule has 1 aliphatic heterocycles. The predicted octanol–water partition coefficient (Wildman–Crippen LogP) is -0.0311. The number of hydrogen-bond donors (Lipinski definition) is 1. The third-order valence-electron chi connectivity index (χ3n) is 4.08. The van der Waals surface area contributed by atoms with Crippen LogP contribution in [0.5, 0.6) is 0 Å². The molecule has 2 heterocycles. The molecular formula is C14H24N4O2. The Bertz CT molecular complexity index is 458. The minimum Gasteiger partial charge on any atom is -0.394 e. The van der Waals surface area contributed by atoms with Crippen molar-refractivity contribution in [3.8, 4) is 0 Å². The zero-order chi connectivity index (χ0) is 14.7. The minimum absolute atomic E-state index is 0.0284. The Labute approximate surface area is 120 Å². The van der Waals surface area contributed by atoms with Crippen molar-refractivity contribution < 1.29 is 9.90 Å². The normalized spacial score (nSPS) is 22.8. The van der Waals surface area contributed by atoms with Crippen LogP contribution in [0.3, 0.4) is 0 Å². The number of aromatic nitrogens is 2. The maximum atomic E-state index is 12.5. The van der Waals surface area contributed by atoms with E-state index in [0.29, 0.717) is 19.1 Å². The first-order valence-corrected chi connectivity index (χ1v) is 7.13. The quantitative estimate of drug-likeness (QED) is 0.823. The third-order valence-corrected chi connectivity index (χ3v) is 4.08. The van der Waals surface area contributed by atoms with E-state index < -0.39 is 0 Å². The van der Waals surface area contributed by atoms with E-state index in [1.54, 1.807) is 6.20 Å². The molecular weight excluding hydrogens is 256 g/mol. The Kier molecular flexibility index (Phi) is 4.77. The molecule has 2 atom stereocenters. The molecule has 6 nitrogen and oxygen atoms in total. The van der Waals surface area contributed by atoms with Crippen LogP contribution in [0.15, 0.2) is 12.4 Å². The summed E-state index contributed by atoms with van der Waals surface area (Å²) in [6, 6.07) is 0.257. The number of amides is 1. The molecule has 1 saturated heterocycles. The third kappa shape index (κ3) is 3.02. The highest BCUT2D eigenvalue weighted by molar-refractivity contribution is 5.77. The van der Waals surface area contributed by atoms with Gasteiger partial charge in [0.15, 0.2) is 0 Å². The summed E-state index contributed by atoms with van der Waals surface area (Å²) in [4.78, 5) is 20.6. The van der Waals surface area contributed by atoms with Crippen LogP contribution in [0.4, 0.5) is 0 Å². The first kappa shape index (κ1) is 15.0. The molecule has 1 fully saturated rings. The molecule has 0 saturated carbocycles. The standard InChI is InChI=1S/C14H24N4O2/c1-4-13-15-5-6-17(13)9-14(20)18-8-11(16(2)3)7-12(18)10-19/h5-6,11-12,19H,4,7-10H2,1-3H3/t11-,12+/m1/s1. The zero-order valence-electron chi connectivity index (χ0n) is 12.5. The molecule has 0 aliphatic carbocycles. The maximum Gasteiger partial charge on any atom is 0.242 e. The lowest BCUT2D eigenvalue weighted by atomic mass is 10.1. The zero-order valence-corrected chi connectivity index (χ0v) is 12.5. The van der Waals surface area contributed by atoms with Crippen molar-refractivity contribution in [1.82, 2.24) is 19.4 Å². The first-order chi connectivity index (χ1) is 9.56. The van der Waals surface area contributed by atoms with Crippen LogP contribution >= 0.6 is 0 Å². The Hall–Kier alpha value is -1.40. The molecule has 0 radical (unpaired) electrons. The molecule has 1 N–H and O–H groups in total. The molecule has 0 bridgehead atoms. The van der Waals surface area contributed by atoms with E-state index in [4.69, 9.17) is 0 Å². The van der Waals surface area contributed by atoms with E-state index in [1.165, 1.54) is 0 Å². The van der Waals surface area contributed by atoms with Crippen LogP contribution in [0, 0.1) is 0 Å². The molecule has 0 unspecified atom stereocenters. The lowest BCUT2D eigenvalue weighted by Gasteiger charge is -2.24. The van der Waals surface area contributed by atoms with Crippen molar-refractivity contribution in [2.75, 3.05) is 27.2 Å². The second kappa shape index (κ2) is 6.37. The van der Waals surface area contributed by atoms with Gasteiger partial charge in [-0.2, -0.15) is 0 Å². The molecule has 2 rings (SSSR count). The van der Waals surface area contributed by atoms with Crippen LogP contribution in [0.2, 0.25) is 0 Å². The number of hydrogen-bond acceptors (Lipinski definition) is 4. The highest BCUT2D eigenvalue weighted by Gasteiger charge is 2.35. The second-order valence-corrected chi connectivity index (χ2v) is 5.56. The molecule has 1 amide bonds. The van der Waals surface area contributed by atoms with Crippen molar-refractivity contribution in [3.05, 3.63) is 18.2 Å². The number of likely N-dealkylation sites (tertiary alicyclic amines) is 1. The number of carbonyl (C=O) groups excluding carboxylic acids is 1. The molecule has 0 aromatic carbocycles. The Morgan fingerprint density at radius 1 is 1.55 bits per heavy atom. The molecule has 6 heteroatoms. The summed E-state index contributed by atoms with van der Waals surface area (Å²) in [5, 5.41) is 9.48. The maximum absolute atomic E-state index is 12.5. The first-order valence-electron chi connectivity index (χ1n) is 7.13. The van der Waals surface area contributed by atoms with Gasteiger partial charge in [0.05, 0.1) is 12.6 Å². The highest BCUT2D eigenvalue weighted by atomic mass is 16.3. The Morgan fingerprint density at radius 3 is 2.90 bits per heavy atom. The van der Waals surface area contributed by atoms with Gasteiger partial charge in [0, 0.05) is 31.4 Å². The summed E-state index contributed by atoms with van der Waals surface area (Å²) in [6.45, 7) is 3.05. The van der Waals surface area contributed by atoms with Crippen LogP contribution in [-0.4, -0.2) is 69.7 Å². The number of rotatable bonds is 5. The number of aryl methyl sites for hydroxylation is 1. The lowest BCUT2D eigenvalue weighted by Crippen LogP contribution is -2.40. The van der Waals surface area contributed by atoms with Gasteiger partial charge in [0.2, 0.25) is 5.91 Å². The fourth-order valence-corrected chi connectivity index (χ4v) is 2.78. The fraction of sp³-hybridized carbons (Fsp3) is 0.714. The number of imidazole rings is 1. The van der Waals surface area contributed by atoms with Crippen LogP contribution in [0.25, 0.3) is 0 Å². The lowest BCUT2D eigenvalue weighted by molar-refractivity contribution is -0.133. The smallest absolute Gasteiger partial charge is 0.242 e. The molecule has 20 heavy (non-hydrogen) atoms. The predicted molar refractivity (Wildman–Crippen MR) is 76.3 cm³/mol. The summed E-state index contributed by atoms with van der Waals surface area (Å²) >= 11 is 0. The van der Waals surface area contributed by atoms with Gasteiger partial charge < -0.3 is 19.5 Å². The van der Waals surface area contributed by atoms with E-state index >= 15 is 0 Å². The number of likely N-dealkylation sites (N-methyl/N-ethyl adjacent to an activating group) is 1. The number of carbonyl (C=O) groups is 1. The molecule has 1 aromatic heterocycles. The van der Waals surface area contributed by atoms with Crippen LogP contribution in [0.1, 0.15) is 19.2 Å². The van der Waals surface area contributed by atoms with Gasteiger partial charge in [0.1, 0.15) is 12.4 Å². The largest absolute Gasteiger partial charge is 0.394 e. The summed E-state index contributed by atoms with van der Waals surface area (Å²) in [5.41, 5.74) is 0. The highest BCUT2D eigenvalue weighted by Crippen LogP contribution is 2.21. The van der Waals surface area contributed by atoms with Gasteiger partial charge in [-0.1, -0.05) is 6.92 Å². The van der Waals surface area contributed by atoms with E-state index in [9.17, 15) is 9.90 Å². The van der Waals surface area contributed by atoms with Gasteiger partial charge in [0.25, 0.3) is 0 Å². The van der Waals surface area contributed by atoms with Crippen LogP contribution < -0.4 is 0 Å². The van der Waals surface area contributed by atoms with Crippen molar-refractivity contribution in [3.63, 3.8) is 0 Å². The van der Waals surface area contributed by atoms with Crippen LogP contribution in [-0.2, 0) is 17.8 Å². The summed E-state index contributed by atoms with van der Waals surface area (Å²) in [7, 11) is 4.02. The van der Waals surface area contributed by atoms with Crippen molar-refractivity contribution in [2.24, 2.45) is 0 Å². The van der Waals surface area contributed by atoms with Gasteiger partial charge in [-0.15, -0.1) is 0 Å². The average Bonchev–Trinajstić information content (AvgIpc) is 3.04. The summed E-state index contributed by atoms with van der Waals surface area (Å²) in [6.07, 6.45) is 5.20. The summed E-state index contributed by atoms with van der Waals surface area (Å²) < 4.78 is 1.89. The molecule has 1 aliphatic rings. The van der Waals surface area contributed by atoms with Crippen molar-refractivity contribution >= 4 is 5.91 Å². The SMILES string of the molecule is CCc1nccn1CC(=O)N1C[C@H](N(C)C)C[C@H]1CO. The van der Waals surface area contributed by atoms with Gasteiger partial charge in [-0.3, -0.25) is 4.79 Å². The Balaban J connectivity index is 2.04. The van der Waals surface area contributed by atoms with Gasteiger partial charge >= 0.3 is 0 Å². The van der Waals surface area contributed by atoms with E-state index in [2.05, 4.69) is 9.88 Å². The fourth-order valence-electron chi connectivity index (χ4n) is 2.78. The molecule has 112 valence electrons. The topological polar surface area (TPSA) is 61.6 Å². The second-order valence-electron chi connectivity index (χ2n) is 5.56. The average molecular weight is 280 g/mol. The number of aliphatic hydroxyl groups excluding tert-OH is 1. The van der Waals surface area contributed by atoms with E-state index in [1.807, 2.05) is 36.7 Å². The number of aliphatic hydroxyl groups is 1. The van der Waals surface area contributed by atoms with E-state index in [0.717, 1.165) is 18.7 Å². The minimum atomic E-state index is -0.0662.